The molecule has 1 aliphatic rings. The Balaban J connectivity index is 2.28. The van der Waals surface area contributed by atoms with Gasteiger partial charge in [0.05, 0.1) is 23.9 Å². The molecule has 2 heterocycles. The number of hydrogen-bond acceptors (Lipinski definition) is 6. The van der Waals surface area contributed by atoms with Gasteiger partial charge >= 0.3 is 6.18 Å². The average Bonchev–Trinajstić information content (AvgIpc) is 3.06. The molecule has 24 heavy (non-hydrogen) atoms. The summed E-state index contributed by atoms with van der Waals surface area (Å²) in [6.07, 6.45) is -3.42. The maximum atomic E-state index is 13.5. The maximum absolute atomic E-state index is 13.5. The van der Waals surface area contributed by atoms with Gasteiger partial charge in [-0.1, -0.05) is 6.07 Å². The Morgan fingerprint density at radius 1 is 1.33 bits per heavy atom. The third-order valence-corrected chi connectivity index (χ3v) is 4.46. The first-order valence-electron chi connectivity index (χ1n) is 6.93. The molecular formula is C15H13F3N2O3S. The van der Waals surface area contributed by atoms with Crippen LogP contribution in [0.5, 0.6) is 0 Å². The van der Waals surface area contributed by atoms with Crippen molar-refractivity contribution in [2.45, 2.75) is 18.3 Å². The number of hydrogen-bond donors (Lipinski definition) is 3. The summed E-state index contributed by atoms with van der Waals surface area (Å²) in [5.74, 6) is -0.388. The summed E-state index contributed by atoms with van der Waals surface area (Å²) >= 11 is 1.09. The highest BCUT2D eigenvalue weighted by molar-refractivity contribution is 7.13. The zero-order valence-corrected chi connectivity index (χ0v) is 12.9. The average molecular weight is 358 g/mol. The molecule has 0 fully saturated rings. The van der Waals surface area contributed by atoms with Crippen molar-refractivity contribution >= 4 is 27.9 Å². The van der Waals surface area contributed by atoms with Gasteiger partial charge in [-0.2, -0.15) is 13.2 Å². The van der Waals surface area contributed by atoms with Crippen LogP contribution in [0, 0.1) is 0 Å². The molecule has 0 radical (unpaired) electrons. The number of aliphatic hydroxyl groups is 3. The van der Waals surface area contributed by atoms with Gasteiger partial charge < -0.3 is 20.2 Å². The lowest BCUT2D eigenvalue weighted by atomic mass is 9.95. The number of nitrogens with zero attached hydrogens (tertiary/aromatic N) is 2. The van der Waals surface area contributed by atoms with Crippen molar-refractivity contribution in [1.29, 1.82) is 0 Å². The van der Waals surface area contributed by atoms with E-state index >= 15 is 0 Å². The van der Waals surface area contributed by atoms with Crippen LogP contribution in [0.15, 0.2) is 35.9 Å². The molecule has 1 aromatic heterocycles. The Morgan fingerprint density at radius 3 is 2.67 bits per heavy atom. The van der Waals surface area contributed by atoms with E-state index in [1.54, 1.807) is 5.38 Å². The lowest BCUT2D eigenvalue weighted by Crippen LogP contribution is -2.44. The lowest BCUT2D eigenvalue weighted by Gasteiger charge is -2.38. The predicted octanol–water partition coefficient (Wildman–Crippen LogP) is 2.93. The van der Waals surface area contributed by atoms with Gasteiger partial charge in [-0.25, -0.2) is 4.98 Å². The van der Waals surface area contributed by atoms with E-state index in [0.717, 1.165) is 17.4 Å². The van der Waals surface area contributed by atoms with Crippen molar-refractivity contribution in [3.8, 4) is 0 Å². The predicted molar refractivity (Wildman–Crippen MR) is 83.2 cm³/mol. The molecule has 0 amide bonds. The molecule has 3 rings (SSSR count). The zero-order chi connectivity index (χ0) is 17.5. The number of rotatable bonds is 3. The number of benzene rings is 1. The molecule has 0 bridgehead atoms. The Labute approximate surface area is 138 Å². The Morgan fingerprint density at radius 2 is 2.08 bits per heavy atom. The number of alkyl halides is 3. The first-order valence-corrected chi connectivity index (χ1v) is 7.81. The minimum absolute atomic E-state index is 0.0126. The van der Waals surface area contributed by atoms with Gasteiger partial charge in [-0.15, -0.1) is 11.3 Å². The van der Waals surface area contributed by atoms with Gasteiger partial charge in [0.15, 0.2) is 5.13 Å². The SMILES string of the molecule is OCC(O)C1C=C(O)c2cccc(C(F)(F)F)c2N1c1nccs1. The number of thiazole rings is 1. The minimum Gasteiger partial charge on any atom is -0.508 e. The second kappa shape index (κ2) is 6.08. The van der Waals surface area contributed by atoms with Crippen molar-refractivity contribution in [2.75, 3.05) is 11.5 Å². The van der Waals surface area contributed by atoms with Crippen molar-refractivity contribution in [3.05, 3.63) is 47.0 Å². The summed E-state index contributed by atoms with van der Waals surface area (Å²) in [5, 5.41) is 31.2. The van der Waals surface area contributed by atoms with Crippen LogP contribution in [-0.4, -0.2) is 39.1 Å². The van der Waals surface area contributed by atoms with Gasteiger partial charge in [-0.3, -0.25) is 0 Å². The first kappa shape index (κ1) is 16.7. The van der Waals surface area contributed by atoms with Crippen LogP contribution in [-0.2, 0) is 6.18 Å². The summed E-state index contributed by atoms with van der Waals surface area (Å²) in [4.78, 5) is 5.23. The monoisotopic (exact) mass is 358 g/mol. The fourth-order valence-electron chi connectivity index (χ4n) is 2.66. The van der Waals surface area contributed by atoms with E-state index in [0.29, 0.717) is 0 Å². The number of halogens is 3. The number of para-hydroxylation sites is 1. The molecule has 0 aliphatic carbocycles. The summed E-state index contributed by atoms with van der Waals surface area (Å²) in [6.45, 7) is -0.681. The molecule has 2 unspecified atom stereocenters. The molecule has 2 aromatic rings. The van der Waals surface area contributed by atoms with Gasteiger partial charge in [0.2, 0.25) is 0 Å². The van der Waals surface area contributed by atoms with E-state index in [-0.39, 0.29) is 22.1 Å². The zero-order valence-electron chi connectivity index (χ0n) is 12.1. The molecule has 2 atom stereocenters. The van der Waals surface area contributed by atoms with Crippen molar-refractivity contribution < 1.29 is 28.5 Å². The van der Waals surface area contributed by atoms with E-state index < -0.39 is 30.5 Å². The fourth-order valence-corrected chi connectivity index (χ4v) is 3.35. The second-order valence-electron chi connectivity index (χ2n) is 5.18. The van der Waals surface area contributed by atoms with Crippen LogP contribution in [0.1, 0.15) is 11.1 Å². The van der Waals surface area contributed by atoms with Crippen LogP contribution >= 0.6 is 11.3 Å². The van der Waals surface area contributed by atoms with E-state index in [9.17, 15) is 28.5 Å². The second-order valence-corrected chi connectivity index (χ2v) is 6.05. The minimum atomic E-state index is -4.66. The van der Waals surface area contributed by atoms with Crippen LogP contribution in [0.2, 0.25) is 0 Å². The van der Waals surface area contributed by atoms with Gasteiger partial charge in [-0.05, 0) is 18.2 Å². The molecular weight excluding hydrogens is 345 g/mol. The molecule has 0 saturated carbocycles. The van der Waals surface area contributed by atoms with Crippen LogP contribution < -0.4 is 4.90 Å². The number of aliphatic hydroxyl groups excluding tert-OH is 3. The quantitative estimate of drug-likeness (QED) is 0.787. The maximum Gasteiger partial charge on any atom is 0.418 e. The Bertz CT molecular complexity index is 762. The van der Waals surface area contributed by atoms with E-state index in [2.05, 4.69) is 4.98 Å². The molecule has 1 aliphatic heterocycles. The third-order valence-electron chi connectivity index (χ3n) is 3.69. The first-order chi connectivity index (χ1) is 11.3. The number of aromatic nitrogens is 1. The standard InChI is InChI=1S/C15H13F3N2O3S/c16-15(17,18)9-3-1-2-8-11(22)6-10(12(23)7-21)20(13(8)9)14-19-4-5-24-14/h1-6,10,12,21-23H,7H2. The highest BCUT2D eigenvalue weighted by Crippen LogP contribution is 2.47. The highest BCUT2D eigenvalue weighted by atomic mass is 32.1. The van der Waals surface area contributed by atoms with Crippen molar-refractivity contribution in [3.63, 3.8) is 0 Å². The van der Waals surface area contributed by atoms with E-state index in [4.69, 9.17) is 0 Å². The fraction of sp³-hybridized carbons (Fsp3) is 0.267. The molecule has 9 heteroatoms. The molecule has 5 nitrogen and oxygen atoms in total. The van der Waals surface area contributed by atoms with Gasteiger partial charge in [0.25, 0.3) is 0 Å². The largest absolute Gasteiger partial charge is 0.508 e. The summed E-state index contributed by atoms with van der Waals surface area (Å²) < 4.78 is 40.4. The van der Waals surface area contributed by atoms with Crippen LogP contribution in [0.3, 0.4) is 0 Å². The molecule has 1 aromatic carbocycles. The lowest BCUT2D eigenvalue weighted by molar-refractivity contribution is -0.137. The van der Waals surface area contributed by atoms with Gasteiger partial charge in [0, 0.05) is 17.1 Å². The number of anilines is 2. The molecule has 128 valence electrons. The Hall–Kier alpha value is -2.10. The molecule has 0 saturated heterocycles. The summed E-state index contributed by atoms with van der Waals surface area (Å²) in [6, 6.07) is 2.38. The summed E-state index contributed by atoms with van der Waals surface area (Å²) in [7, 11) is 0. The van der Waals surface area contributed by atoms with Gasteiger partial charge in [0.1, 0.15) is 11.9 Å². The van der Waals surface area contributed by atoms with Crippen molar-refractivity contribution in [2.24, 2.45) is 0 Å². The molecule has 0 spiro atoms. The van der Waals surface area contributed by atoms with Crippen LogP contribution in [0.25, 0.3) is 5.76 Å². The Kier molecular flexibility index (Phi) is 4.24. The van der Waals surface area contributed by atoms with E-state index in [1.807, 2.05) is 0 Å². The van der Waals surface area contributed by atoms with Crippen LogP contribution in [0.4, 0.5) is 24.0 Å². The number of fused-ring (bicyclic) bond motifs is 1. The summed E-state index contributed by atoms with van der Waals surface area (Å²) in [5.41, 5.74) is -1.26. The topological polar surface area (TPSA) is 76.8 Å². The normalized spacial score (nSPS) is 19.0. The molecule has 3 N–H and O–H groups in total. The smallest absolute Gasteiger partial charge is 0.418 e. The third kappa shape index (κ3) is 2.74. The van der Waals surface area contributed by atoms with Crippen molar-refractivity contribution in [1.82, 2.24) is 4.98 Å². The van der Waals surface area contributed by atoms with E-state index in [1.165, 1.54) is 29.3 Å². The highest BCUT2D eigenvalue weighted by Gasteiger charge is 2.42.